The predicted octanol–water partition coefficient (Wildman–Crippen LogP) is 3.21. The van der Waals surface area contributed by atoms with Crippen LogP contribution in [0, 0.1) is 5.92 Å². The Labute approximate surface area is 111 Å². The van der Waals surface area contributed by atoms with Gasteiger partial charge in [0.15, 0.2) is 0 Å². The van der Waals surface area contributed by atoms with Crippen LogP contribution < -0.4 is 11.1 Å². The molecule has 0 aliphatic carbocycles. The van der Waals surface area contributed by atoms with E-state index in [1.54, 1.807) is 11.3 Å². The summed E-state index contributed by atoms with van der Waals surface area (Å²) in [5.41, 5.74) is 6.66. The highest BCUT2D eigenvalue weighted by atomic mass is 32.1. The van der Waals surface area contributed by atoms with Crippen molar-refractivity contribution in [3.05, 3.63) is 29.6 Å². The van der Waals surface area contributed by atoms with Crippen molar-refractivity contribution in [2.45, 2.75) is 26.3 Å². The van der Waals surface area contributed by atoms with Crippen LogP contribution in [0.3, 0.4) is 0 Å². The van der Waals surface area contributed by atoms with Gasteiger partial charge in [0.2, 0.25) is 5.91 Å². The van der Waals surface area contributed by atoms with Crippen molar-refractivity contribution in [2.24, 2.45) is 11.7 Å². The average molecular weight is 262 g/mol. The Morgan fingerprint density at radius 2 is 2.17 bits per heavy atom. The van der Waals surface area contributed by atoms with Crippen molar-refractivity contribution >= 4 is 33.0 Å². The van der Waals surface area contributed by atoms with E-state index in [0.29, 0.717) is 12.3 Å². The second-order valence-corrected chi connectivity index (χ2v) is 5.85. The first-order chi connectivity index (χ1) is 8.56. The fourth-order valence-electron chi connectivity index (χ4n) is 1.89. The van der Waals surface area contributed by atoms with Crippen LogP contribution in [0.5, 0.6) is 0 Å². The largest absolute Gasteiger partial charge is 0.325 e. The van der Waals surface area contributed by atoms with Gasteiger partial charge in [0.25, 0.3) is 0 Å². The Morgan fingerprint density at radius 1 is 1.39 bits per heavy atom. The van der Waals surface area contributed by atoms with Crippen molar-refractivity contribution in [1.82, 2.24) is 0 Å². The number of hydrogen-bond donors (Lipinski definition) is 2. The monoisotopic (exact) mass is 262 g/mol. The lowest BCUT2D eigenvalue weighted by molar-refractivity contribution is -0.117. The summed E-state index contributed by atoms with van der Waals surface area (Å²) in [7, 11) is 0. The summed E-state index contributed by atoms with van der Waals surface area (Å²) in [6, 6.07) is 7.51. The molecule has 0 bridgehead atoms. The number of fused-ring (bicyclic) bond motifs is 1. The Hall–Kier alpha value is -1.39. The van der Waals surface area contributed by atoms with Crippen molar-refractivity contribution in [1.29, 1.82) is 0 Å². The Morgan fingerprint density at radius 3 is 2.89 bits per heavy atom. The maximum atomic E-state index is 11.9. The lowest BCUT2D eigenvalue weighted by Gasteiger charge is -2.14. The van der Waals surface area contributed by atoms with Gasteiger partial charge in [-0.25, -0.2) is 0 Å². The average Bonchev–Trinajstić information content (AvgIpc) is 2.75. The fourth-order valence-corrected chi connectivity index (χ4v) is 2.67. The van der Waals surface area contributed by atoms with Crippen LogP contribution in [-0.4, -0.2) is 11.9 Å². The second-order valence-electron chi connectivity index (χ2n) is 4.90. The number of nitrogens with two attached hydrogens (primary N) is 1. The number of carbonyl (C=O) groups is 1. The molecular weight excluding hydrogens is 244 g/mol. The summed E-state index contributed by atoms with van der Waals surface area (Å²) in [5, 5.41) is 6.06. The zero-order chi connectivity index (χ0) is 13.1. The molecule has 0 unspecified atom stereocenters. The van der Waals surface area contributed by atoms with E-state index >= 15 is 0 Å². The molecule has 0 fully saturated rings. The number of amides is 1. The number of hydrogen-bond acceptors (Lipinski definition) is 3. The first-order valence-electron chi connectivity index (χ1n) is 6.10. The topological polar surface area (TPSA) is 55.1 Å². The van der Waals surface area contributed by atoms with Gasteiger partial charge in [-0.15, -0.1) is 11.3 Å². The maximum Gasteiger partial charge on any atom is 0.241 e. The van der Waals surface area contributed by atoms with Gasteiger partial charge in [-0.05, 0) is 47.4 Å². The quantitative estimate of drug-likeness (QED) is 0.889. The minimum absolute atomic E-state index is 0.113. The molecule has 1 heterocycles. The highest BCUT2D eigenvalue weighted by molar-refractivity contribution is 7.17. The summed E-state index contributed by atoms with van der Waals surface area (Å²) >= 11 is 1.69. The molecule has 3 nitrogen and oxygen atoms in total. The van der Waals surface area contributed by atoms with Gasteiger partial charge in [0, 0.05) is 10.4 Å². The summed E-state index contributed by atoms with van der Waals surface area (Å²) in [6.45, 7) is 4.12. The standard InChI is InChI=1S/C14H18N2OS/c1-9(2)7-12(15)14(17)16-11-3-4-13-10(8-11)5-6-18-13/h3-6,8-9,12H,7,15H2,1-2H3,(H,16,17)/t12-/m0/s1. The van der Waals surface area contributed by atoms with Crippen LogP contribution in [0.2, 0.25) is 0 Å². The van der Waals surface area contributed by atoms with Crippen LogP contribution in [0.25, 0.3) is 10.1 Å². The van der Waals surface area contributed by atoms with Gasteiger partial charge in [-0.1, -0.05) is 13.8 Å². The molecule has 1 aromatic carbocycles. The van der Waals surface area contributed by atoms with Gasteiger partial charge in [-0.2, -0.15) is 0 Å². The number of anilines is 1. The molecule has 3 N–H and O–H groups in total. The Balaban J connectivity index is 2.06. The summed E-state index contributed by atoms with van der Waals surface area (Å²) in [6.07, 6.45) is 0.701. The smallest absolute Gasteiger partial charge is 0.241 e. The third kappa shape index (κ3) is 3.09. The molecule has 4 heteroatoms. The lowest BCUT2D eigenvalue weighted by atomic mass is 10.0. The minimum Gasteiger partial charge on any atom is -0.325 e. The molecule has 0 radical (unpaired) electrons. The number of carbonyl (C=O) groups excluding carboxylic acids is 1. The second kappa shape index (κ2) is 5.50. The molecule has 0 aliphatic rings. The van der Waals surface area contributed by atoms with Crippen molar-refractivity contribution in [2.75, 3.05) is 5.32 Å². The zero-order valence-electron chi connectivity index (χ0n) is 10.6. The lowest BCUT2D eigenvalue weighted by Crippen LogP contribution is -2.36. The zero-order valence-corrected chi connectivity index (χ0v) is 11.5. The van der Waals surface area contributed by atoms with Crippen LogP contribution in [0.15, 0.2) is 29.6 Å². The Kier molecular flexibility index (Phi) is 3.99. The number of rotatable bonds is 4. The van der Waals surface area contributed by atoms with Gasteiger partial charge in [-0.3, -0.25) is 4.79 Å². The van der Waals surface area contributed by atoms with E-state index < -0.39 is 6.04 Å². The van der Waals surface area contributed by atoms with Gasteiger partial charge in [0.05, 0.1) is 6.04 Å². The highest BCUT2D eigenvalue weighted by Gasteiger charge is 2.15. The van der Waals surface area contributed by atoms with Gasteiger partial charge in [0.1, 0.15) is 0 Å². The van der Waals surface area contributed by atoms with Crippen LogP contribution >= 0.6 is 11.3 Å². The molecule has 0 spiro atoms. The summed E-state index contributed by atoms with van der Waals surface area (Å²) < 4.78 is 1.22. The molecule has 0 saturated heterocycles. The van der Waals surface area contributed by atoms with Crippen LogP contribution in [-0.2, 0) is 4.79 Å². The third-order valence-corrected chi connectivity index (χ3v) is 3.68. The molecule has 1 atom stereocenters. The SMILES string of the molecule is CC(C)C[C@H](N)C(=O)Nc1ccc2sccc2c1. The van der Waals surface area contributed by atoms with E-state index in [1.165, 1.54) is 4.70 Å². The van der Waals surface area contributed by atoms with Crippen LogP contribution in [0.4, 0.5) is 5.69 Å². The molecule has 1 aromatic heterocycles. The molecule has 1 amide bonds. The number of thiophene rings is 1. The van der Waals surface area contributed by atoms with Crippen molar-refractivity contribution in [3.63, 3.8) is 0 Å². The predicted molar refractivity (Wildman–Crippen MR) is 77.9 cm³/mol. The van der Waals surface area contributed by atoms with E-state index in [1.807, 2.05) is 29.6 Å². The maximum absolute atomic E-state index is 11.9. The van der Waals surface area contributed by atoms with E-state index in [0.717, 1.165) is 11.1 Å². The Bertz CT molecular complexity index is 547. The third-order valence-electron chi connectivity index (χ3n) is 2.78. The van der Waals surface area contributed by atoms with E-state index in [4.69, 9.17) is 5.73 Å². The molecular formula is C14H18N2OS. The van der Waals surface area contributed by atoms with E-state index in [2.05, 4.69) is 19.2 Å². The first-order valence-corrected chi connectivity index (χ1v) is 6.98. The first kappa shape index (κ1) is 13.1. The fraction of sp³-hybridized carbons (Fsp3) is 0.357. The molecule has 0 aliphatic heterocycles. The van der Waals surface area contributed by atoms with Crippen molar-refractivity contribution in [3.8, 4) is 0 Å². The number of nitrogens with one attached hydrogen (secondary N) is 1. The highest BCUT2D eigenvalue weighted by Crippen LogP contribution is 2.24. The minimum atomic E-state index is -0.442. The summed E-state index contributed by atoms with van der Waals surface area (Å²) in [4.78, 5) is 11.9. The van der Waals surface area contributed by atoms with E-state index in [-0.39, 0.29) is 5.91 Å². The normalized spacial score (nSPS) is 12.9. The molecule has 0 saturated carbocycles. The molecule has 2 rings (SSSR count). The molecule has 96 valence electrons. The van der Waals surface area contributed by atoms with Crippen LogP contribution in [0.1, 0.15) is 20.3 Å². The van der Waals surface area contributed by atoms with E-state index in [9.17, 15) is 4.79 Å². The van der Waals surface area contributed by atoms with Crippen molar-refractivity contribution < 1.29 is 4.79 Å². The van der Waals surface area contributed by atoms with Gasteiger partial charge < -0.3 is 11.1 Å². The molecule has 2 aromatic rings. The molecule has 18 heavy (non-hydrogen) atoms. The van der Waals surface area contributed by atoms with Gasteiger partial charge >= 0.3 is 0 Å². The number of benzene rings is 1. The summed E-state index contributed by atoms with van der Waals surface area (Å²) in [5.74, 6) is 0.309.